The molecule has 0 aliphatic carbocycles. The highest BCUT2D eigenvalue weighted by Gasteiger charge is 2.43. The molecule has 17 heavy (non-hydrogen) atoms. The van der Waals surface area contributed by atoms with Gasteiger partial charge in [0.05, 0.1) is 6.10 Å². The fourth-order valence-corrected chi connectivity index (χ4v) is 2.28. The molecule has 1 aromatic rings. The number of epoxide rings is 1. The first kappa shape index (κ1) is 12.6. The van der Waals surface area contributed by atoms with E-state index >= 15 is 0 Å². The average molecular weight is 234 g/mol. The zero-order valence-electron chi connectivity index (χ0n) is 10.5. The first-order valence-electron chi connectivity index (χ1n) is 6.71. The molecule has 1 aliphatic heterocycles. The van der Waals surface area contributed by atoms with E-state index in [1.165, 1.54) is 25.7 Å². The van der Waals surface area contributed by atoms with Gasteiger partial charge in [-0.15, -0.1) is 0 Å². The molecule has 3 atom stereocenters. The van der Waals surface area contributed by atoms with Crippen LogP contribution in [-0.2, 0) is 4.74 Å². The fraction of sp³-hybridized carbons (Fsp3) is 0.600. The molecule has 2 heteroatoms. The minimum atomic E-state index is -0.452. The van der Waals surface area contributed by atoms with Gasteiger partial charge in [-0.1, -0.05) is 62.9 Å². The van der Waals surface area contributed by atoms with Crippen molar-refractivity contribution < 1.29 is 9.84 Å². The lowest BCUT2D eigenvalue weighted by atomic mass is 10.0. The van der Waals surface area contributed by atoms with Crippen molar-refractivity contribution in [2.24, 2.45) is 0 Å². The van der Waals surface area contributed by atoms with Crippen LogP contribution in [0.25, 0.3) is 0 Å². The van der Waals surface area contributed by atoms with Crippen molar-refractivity contribution in [1.29, 1.82) is 0 Å². The summed E-state index contributed by atoms with van der Waals surface area (Å²) in [6.45, 7) is 2.22. The van der Waals surface area contributed by atoms with Crippen LogP contribution in [-0.4, -0.2) is 17.3 Å². The Morgan fingerprint density at radius 1 is 1.18 bits per heavy atom. The van der Waals surface area contributed by atoms with Crippen LogP contribution in [0, 0.1) is 0 Å². The summed E-state index contributed by atoms with van der Waals surface area (Å²) in [5, 5.41) is 10.1. The Morgan fingerprint density at radius 3 is 2.65 bits per heavy atom. The second-order valence-electron chi connectivity index (χ2n) is 4.84. The minimum absolute atomic E-state index is 0.0269. The first-order valence-corrected chi connectivity index (χ1v) is 6.71. The van der Waals surface area contributed by atoms with E-state index < -0.39 is 6.10 Å². The Balaban J connectivity index is 1.71. The van der Waals surface area contributed by atoms with E-state index in [1.807, 2.05) is 30.3 Å². The third-order valence-corrected chi connectivity index (χ3v) is 3.42. The highest BCUT2D eigenvalue weighted by molar-refractivity contribution is 5.20. The van der Waals surface area contributed by atoms with E-state index in [2.05, 4.69) is 6.92 Å². The molecule has 1 aliphatic rings. The van der Waals surface area contributed by atoms with Crippen molar-refractivity contribution >= 4 is 0 Å². The standard InChI is InChI=1S/C15H22O2/c1-2-3-4-8-11-13-15(17-13)14(16)12-9-6-5-7-10-12/h5-7,9-10,13-16H,2-4,8,11H2,1H3/t13-,14-,15-/m1/s1. The summed E-state index contributed by atoms with van der Waals surface area (Å²) in [6, 6.07) is 9.79. The highest BCUT2D eigenvalue weighted by atomic mass is 16.6. The van der Waals surface area contributed by atoms with Crippen molar-refractivity contribution in [3.8, 4) is 0 Å². The first-order chi connectivity index (χ1) is 8.33. The number of aliphatic hydroxyl groups excluding tert-OH is 1. The second-order valence-corrected chi connectivity index (χ2v) is 4.84. The predicted octanol–water partition coefficient (Wildman–Crippen LogP) is 3.46. The van der Waals surface area contributed by atoms with Gasteiger partial charge in [-0.3, -0.25) is 0 Å². The summed E-state index contributed by atoms with van der Waals surface area (Å²) in [4.78, 5) is 0. The summed E-state index contributed by atoms with van der Waals surface area (Å²) in [6.07, 6.45) is 6.02. The summed E-state index contributed by atoms with van der Waals surface area (Å²) in [5.41, 5.74) is 0.966. The zero-order chi connectivity index (χ0) is 12.1. The summed E-state index contributed by atoms with van der Waals surface area (Å²) < 4.78 is 5.56. The molecule has 0 amide bonds. The molecule has 0 radical (unpaired) electrons. The Morgan fingerprint density at radius 2 is 1.94 bits per heavy atom. The number of rotatable bonds is 7. The van der Waals surface area contributed by atoms with Crippen molar-refractivity contribution in [2.75, 3.05) is 0 Å². The van der Waals surface area contributed by atoms with Gasteiger partial charge in [0.1, 0.15) is 12.2 Å². The largest absolute Gasteiger partial charge is 0.386 e. The van der Waals surface area contributed by atoms with E-state index in [4.69, 9.17) is 4.74 Å². The number of ether oxygens (including phenoxy) is 1. The third kappa shape index (κ3) is 3.55. The van der Waals surface area contributed by atoms with Crippen LogP contribution in [0.5, 0.6) is 0 Å². The number of unbranched alkanes of at least 4 members (excludes halogenated alkanes) is 3. The summed E-state index contributed by atoms with van der Waals surface area (Å²) >= 11 is 0. The predicted molar refractivity (Wildman–Crippen MR) is 68.8 cm³/mol. The molecular weight excluding hydrogens is 212 g/mol. The quantitative estimate of drug-likeness (QED) is 0.579. The Kier molecular flexibility index (Phi) is 4.57. The molecule has 2 rings (SSSR count). The molecule has 1 aromatic carbocycles. The maximum Gasteiger partial charge on any atom is 0.114 e. The molecule has 1 saturated heterocycles. The number of hydrogen-bond donors (Lipinski definition) is 1. The minimum Gasteiger partial charge on any atom is -0.386 e. The molecule has 1 N–H and O–H groups in total. The maximum atomic E-state index is 10.1. The Bertz CT molecular complexity index is 323. The smallest absolute Gasteiger partial charge is 0.114 e. The van der Waals surface area contributed by atoms with Gasteiger partial charge in [0, 0.05) is 0 Å². The molecule has 0 saturated carbocycles. The van der Waals surface area contributed by atoms with Gasteiger partial charge in [0.2, 0.25) is 0 Å². The van der Waals surface area contributed by atoms with Crippen LogP contribution in [0.3, 0.4) is 0 Å². The molecule has 1 fully saturated rings. The fourth-order valence-electron chi connectivity index (χ4n) is 2.28. The highest BCUT2D eigenvalue weighted by Crippen LogP contribution is 2.37. The van der Waals surface area contributed by atoms with Crippen molar-refractivity contribution in [3.63, 3.8) is 0 Å². The van der Waals surface area contributed by atoms with Crippen LogP contribution in [0.4, 0.5) is 0 Å². The van der Waals surface area contributed by atoms with Crippen LogP contribution >= 0.6 is 0 Å². The maximum absolute atomic E-state index is 10.1. The molecule has 94 valence electrons. The van der Waals surface area contributed by atoms with Crippen LogP contribution in [0.1, 0.15) is 50.7 Å². The van der Waals surface area contributed by atoms with E-state index in [-0.39, 0.29) is 12.2 Å². The van der Waals surface area contributed by atoms with Crippen molar-refractivity contribution in [3.05, 3.63) is 35.9 Å². The normalized spacial score (nSPS) is 24.6. The summed E-state index contributed by atoms with van der Waals surface area (Å²) in [5.74, 6) is 0. The monoisotopic (exact) mass is 234 g/mol. The van der Waals surface area contributed by atoms with E-state index in [9.17, 15) is 5.11 Å². The van der Waals surface area contributed by atoms with Gasteiger partial charge >= 0.3 is 0 Å². The van der Waals surface area contributed by atoms with Crippen LogP contribution in [0.2, 0.25) is 0 Å². The molecule has 2 nitrogen and oxygen atoms in total. The van der Waals surface area contributed by atoms with Gasteiger partial charge in [-0.2, -0.15) is 0 Å². The van der Waals surface area contributed by atoms with Gasteiger partial charge in [-0.05, 0) is 12.0 Å². The molecule has 1 heterocycles. The van der Waals surface area contributed by atoms with E-state index in [0.717, 1.165) is 12.0 Å². The van der Waals surface area contributed by atoms with E-state index in [0.29, 0.717) is 0 Å². The van der Waals surface area contributed by atoms with E-state index in [1.54, 1.807) is 0 Å². The van der Waals surface area contributed by atoms with Crippen LogP contribution in [0.15, 0.2) is 30.3 Å². The Hall–Kier alpha value is -0.860. The Labute approximate surface area is 104 Å². The second kappa shape index (κ2) is 6.18. The van der Waals surface area contributed by atoms with Crippen molar-refractivity contribution in [2.45, 2.75) is 57.3 Å². The van der Waals surface area contributed by atoms with Gasteiger partial charge in [0.15, 0.2) is 0 Å². The van der Waals surface area contributed by atoms with Gasteiger partial charge in [-0.25, -0.2) is 0 Å². The van der Waals surface area contributed by atoms with Crippen LogP contribution < -0.4 is 0 Å². The topological polar surface area (TPSA) is 32.8 Å². The molecule has 0 unspecified atom stereocenters. The number of aliphatic hydroxyl groups is 1. The molecule has 0 aromatic heterocycles. The molecular formula is C15H22O2. The molecule has 0 bridgehead atoms. The lowest BCUT2D eigenvalue weighted by molar-refractivity contribution is 0.137. The third-order valence-electron chi connectivity index (χ3n) is 3.42. The lowest BCUT2D eigenvalue weighted by Gasteiger charge is -2.07. The van der Waals surface area contributed by atoms with Crippen molar-refractivity contribution in [1.82, 2.24) is 0 Å². The number of hydrogen-bond acceptors (Lipinski definition) is 2. The lowest BCUT2D eigenvalue weighted by Crippen LogP contribution is -2.08. The zero-order valence-corrected chi connectivity index (χ0v) is 10.5. The van der Waals surface area contributed by atoms with Gasteiger partial charge in [0.25, 0.3) is 0 Å². The summed E-state index contributed by atoms with van der Waals surface area (Å²) in [7, 11) is 0. The SMILES string of the molecule is CCCCCC[C@H]1O[C@H]1[C@H](O)c1ccccc1. The van der Waals surface area contributed by atoms with Gasteiger partial charge < -0.3 is 9.84 Å². The number of benzene rings is 1. The molecule has 0 spiro atoms. The average Bonchev–Trinajstić information content (AvgIpc) is 3.14.